The lowest BCUT2D eigenvalue weighted by molar-refractivity contribution is 0.109. The summed E-state index contributed by atoms with van der Waals surface area (Å²) in [5, 5.41) is 3.11. The van der Waals surface area contributed by atoms with Crippen LogP contribution >= 0.6 is 0 Å². The first-order valence-electron chi connectivity index (χ1n) is 12.5. The SMILES string of the molecule is C=CCO[Si](CNCCN)(OC)OC.CO[Si](C)(CCCCCCCCCCCCN)OC. The fourth-order valence-corrected chi connectivity index (χ4v) is 6.33. The van der Waals surface area contributed by atoms with Crippen molar-refractivity contribution in [2.45, 2.75) is 76.8 Å². The lowest BCUT2D eigenvalue weighted by Gasteiger charge is -2.25. The van der Waals surface area contributed by atoms with Gasteiger partial charge in [0.1, 0.15) is 0 Å². The van der Waals surface area contributed by atoms with Crippen LogP contribution in [0.25, 0.3) is 0 Å². The van der Waals surface area contributed by atoms with Gasteiger partial charge in [-0.25, -0.2) is 0 Å². The molecule has 10 heteroatoms. The van der Waals surface area contributed by atoms with Gasteiger partial charge in [-0.1, -0.05) is 63.9 Å². The maximum atomic E-state index is 5.50. The van der Waals surface area contributed by atoms with Crippen LogP contribution in [-0.2, 0) is 22.1 Å². The lowest BCUT2D eigenvalue weighted by Crippen LogP contribution is -2.53. The predicted molar refractivity (Wildman–Crippen MR) is 144 cm³/mol. The Hall–Kier alpha value is -0.146. The fraction of sp³-hybridized carbons (Fsp3) is 0.913. The van der Waals surface area contributed by atoms with Gasteiger partial charge in [0.05, 0.1) is 12.8 Å². The smallest absolute Gasteiger partial charge is 0.398 e. The summed E-state index contributed by atoms with van der Waals surface area (Å²) in [6, 6.07) is 1.12. The van der Waals surface area contributed by atoms with E-state index < -0.39 is 17.4 Å². The summed E-state index contributed by atoms with van der Waals surface area (Å²) in [5.74, 6) is 0. The molecule has 0 unspecified atom stereocenters. The number of unbranched alkanes of at least 4 members (excludes halogenated alkanes) is 9. The molecular weight excluding hydrogens is 454 g/mol. The van der Waals surface area contributed by atoms with Crippen molar-refractivity contribution >= 4 is 17.4 Å². The topological polar surface area (TPSA) is 110 Å². The third kappa shape index (κ3) is 20.9. The van der Waals surface area contributed by atoms with Gasteiger partial charge < -0.3 is 38.9 Å². The van der Waals surface area contributed by atoms with E-state index >= 15 is 0 Å². The largest absolute Gasteiger partial charge is 0.515 e. The molecule has 0 spiro atoms. The number of hydrogen-bond donors (Lipinski definition) is 3. The van der Waals surface area contributed by atoms with Crippen LogP contribution in [0.5, 0.6) is 0 Å². The highest BCUT2D eigenvalue weighted by Crippen LogP contribution is 2.17. The molecule has 0 fully saturated rings. The number of nitrogens with one attached hydrogen (secondary N) is 1. The summed E-state index contributed by atoms with van der Waals surface area (Å²) in [7, 11) is 2.39. The monoisotopic (exact) mass is 509 g/mol. The second-order valence-electron chi connectivity index (χ2n) is 8.27. The van der Waals surface area contributed by atoms with Gasteiger partial charge in [-0.3, -0.25) is 0 Å². The minimum absolute atomic E-state index is 0.429. The van der Waals surface area contributed by atoms with Gasteiger partial charge in [0.2, 0.25) is 0 Å². The Labute approximate surface area is 206 Å². The highest BCUT2D eigenvalue weighted by molar-refractivity contribution is 6.65. The summed E-state index contributed by atoms with van der Waals surface area (Å²) in [6.07, 6.45) is 15.6. The van der Waals surface area contributed by atoms with E-state index in [0.29, 0.717) is 19.3 Å². The van der Waals surface area contributed by atoms with Crippen molar-refractivity contribution in [2.75, 3.05) is 60.8 Å². The Morgan fingerprint density at radius 3 is 1.61 bits per heavy atom. The van der Waals surface area contributed by atoms with Crippen LogP contribution in [0, 0.1) is 0 Å². The van der Waals surface area contributed by atoms with Crippen molar-refractivity contribution in [3.63, 3.8) is 0 Å². The molecule has 200 valence electrons. The molecule has 0 aromatic carbocycles. The van der Waals surface area contributed by atoms with Crippen molar-refractivity contribution in [2.24, 2.45) is 11.5 Å². The number of rotatable bonds is 23. The molecule has 0 aliphatic carbocycles. The van der Waals surface area contributed by atoms with Gasteiger partial charge in [0.25, 0.3) is 0 Å². The maximum absolute atomic E-state index is 5.50. The van der Waals surface area contributed by atoms with Crippen molar-refractivity contribution < 1.29 is 22.1 Å². The van der Waals surface area contributed by atoms with Crippen LogP contribution in [-0.4, -0.2) is 78.2 Å². The van der Waals surface area contributed by atoms with Crippen molar-refractivity contribution in [1.29, 1.82) is 0 Å². The Balaban J connectivity index is 0. The molecule has 0 aromatic heterocycles. The number of nitrogens with two attached hydrogens (primary N) is 2. The van der Waals surface area contributed by atoms with E-state index in [-0.39, 0.29) is 0 Å². The minimum Gasteiger partial charge on any atom is -0.398 e. The van der Waals surface area contributed by atoms with Crippen LogP contribution in [0.2, 0.25) is 12.6 Å². The van der Waals surface area contributed by atoms with Crippen molar-refractivity contribution in [1.82, 2.24) is 5.32 Å². The van der Waals surface area contributed by atoms with Crippen LogP contribution in [0.15, 0.2) is 12.7 Å². The summed E-state index contributed by atoms with van der Waals surface area (Å²) in [4.78, 5) is 0. The number of hydrogen-bond acceptors (Lipinski definition) is 8. The molecule has 0 aromatic rings. The normalized spacial score (nSPS) is 11.8. The van der Waals surface area contributed by atoms with Crippen LogP contribution in [0.1, 0.15) is 64.2 Å². The molecule has 0 saturated carbocycles. The molecule has 0 saturated heterocycles. The van der Waals surface area contributed by atoms with Gasteiger partial charge in [-0.15, -0.1) is 6.58 Å². The summed E-state index contributed by atoms with van der Waals surface area (Å²) < 4.78 is 27.0. The first kappa shape index (κ1) is 35.0. The standard InChI is InChI=1S/C15H35NO2Si.C8H20N2O3Si/c1-17-19(3,18-2)15-13-11-9-7-5-4-6-8-10-12-14-16;1-4-7-13-14(11-2,12-3)8-10-6-5-9/h4-16H2,1-3H3;4,10H,1,5-9H2,2-3H3. The molecule has 0 aliphatic rings. The van der Waals surface area contributed by atoms with Gasteiger partial charge in [0.15, 0.2) is 0 Å². The summed E-state index contributed by atoms with van der Waals surface area (Å²) >= 11 is 0. The van der Waals surface area contributed by atoms with E-state index in [0.717, 1.165) is 19.1 Å². The highest BCUT2D eigenvalue weighted by Gasteiger charge is 2.38. The quantitative estimate of drug-likeness (QED) is 0.109. The van der Waals surface area contributed by atoms with E-state index in [1.54, 1.807) is 34.5 Å². The first-order valence-corrected chi connectivity index (χ1v) is 16.9. The molecule has 0 amide bonds. The molecule has 0 rings (SSSR count). The van der Waals surface area contributed by atoms with E-state index in [1.807, 2.05) is 0 Å². The van der Waals surface area contributed by atoms with Crippen LogP contribution in [0.3, 0.4) is 0 Å². The Morgan fingerprint density at radius 2 is 1.21 bits per heavy atom. The van der Waals surface area contributed by atoms with Gasteiger partial charge >= 0.3 is 17.4 Å². The summed E-state index contributed by atoms with van der Waals surface area (Å²) in [5.41, 5.74) is 10.8. The van der Waals surface area contributed by atoms with Gasteiger partial charge in [-0.05, 0) is 25.6 Å². The molecule has 0 heterocycles. The second kappa shape index (κ2) is 25.0. The molecule has 8 nitrogen and oxygen atoms in total. The minimum atomic E-state index is -2.54. The van der Waals surface area contributed by atoms with Gasteiger partial charge in [-0.2, -0.15) is 0 Å². The first-order chi connectivity index (χ1) is 15.9. The Morgan fingerprint density at radius 1 is 0.727 bits per heavy atom. The average molecular weight is 510 g/mol. The van der Waals surface area contributed by atoms with Gasteiger partial charge in [0, 0.05) is 41.5 Å². The second-order valence-corrected chi connectivity index (χ2v) is 14.7. The third-order valence-corrected chi connectivity index (χ3v) is 11.2. The molecule has 0 atom stereocenters. The molecule has 33 heavy (non-hydrogen) atoms. The predicted octanol–water partition coefficient (Wildman–Crippen LogP) is 3.72. The zero-order chi connectivity index (χ0) is 25.3. The maximum Gasteiger partial charge on any atom is 0.515 e. The molecule has 0 radical (unpaired) electrons. The molecular formula is C23H55N3O5Si2. The average Bonchev–Trinajstić information content (AvgIpc) is 2.85. The Kier molecular flexibility index (Phi) is 26.5. The molecule has 0 bridgehead atoms. The van der Waals surface area contributed by atoms with E-state index in [4.69, 9.17) is 33.6 Å². The molecule has 0 aliphatic heterocycles. The Bertz CT molecular complexity index is 416. The van der Waals surface area contributed by atoms with Crippen LogP contribution < -0.4 is 16.8 Å². The van der Waals surface area contributed by atoms with E-state index in [2.05, 4.69) is 18.4 Å². The highest BCUT2D eigenvalue weighted by atomic mass is 28.4. The summed E-state index contributed by atoms with van der Waals surface area (Å²) in [6.45, 7) is 8.31. The van der Waals surface area contributed by atoms with Crippen molar-refractivity contribution in [3.05, 3.63) is 12.7 Å². The van der Waals surface area contributed by atoms with Crippen LogP contribution in [0.4, 0.5) is 0 Å². The van der Waals surface area contributed by atoms with E-state index in [1.165, 1.54) is 64.2 Å². The molecule has 5 N–H and O–H groups in total. The lowest BCUT2D eigenvalue weighted by atomic mass is 10.1. The fourth-order valence-electron chi connectivity index (χ4n) is 3.22. The van der Waals surface area contributed by atoms with Crippen molar-refractivity contribution in [3.8, 4) is 0 Å². The zero-order valence-electron chi connectivity index (χ0n) is 22.3. The zero-order valence-corrected chi connectivity index (χ0v) is 24.3. The van der Waals surface area contributed by atoms with E-state index in [9.17, 15) is 0 Å². The third-order valence-electron chi connectivity index (χ3n) is 5.65.